The molecule has 2 bridgehead atoms. The van der Waals surface area contributed by atoms with E-state index in [0.29, 0.717) is 21.8 Å². The number of nitrogens with one attached hydrogen (secondary N) is 1. The highest BCUT2D eigenvalue weighted by Gasteiger charge is 2.39. The predicted molar refractivity (Wildman–Crippen MR) is 90.0 cm³/mol. The molecule has 0 saturated heterocycles. The van der Waals surface area contributed by atoms with Gasteiger partial charge in [0.05, 0.1) is 15.8 Å². The number of fused-ring (bicyclic) bond motifs is 2. The number of carbonyl (C=O) groups excluding carboxylic acids is 1. The first-order chi connectivity index (χ1) is 10.1. The molecule has 1 N–H and O–H groups in total. The number of carbonyl (C=O) groups is 1. The van der Waals surface area contributed by atoms with Crippen LogP contribution in [0.25, 0.3) is 0 Å². The molecule has 1 aromatic rings. The van der Waals surface area contributed by atoms with Crippen LogP contribution in [0, 0.1) is 11.8 Å². The molecule has 2 fully saturated rings. The smallest absolute Gasteiger partial charge is 0.230 e. The molecule has 0 radical (unpaired) electrons. The lowest BCUT2D eigenvalue weighted by Crippen LogP contribution is -2.39. The highest BCUT2D eigenvalue weighted by Crippen LogP contribution is 2.44. The fourth-order valence-electron chi connectivity index (χ4n) is 3.56. The standard InChI is InChI=1S/C16H19Cl2NOS/c17-13-4-2-11(6-14(13)18)8-21-9-16(20)19-15-7-10-1-3-12(15)5-10/h2,4,6,10,12,15H,1,3,5,7-9H2,(H,19,20)/t10-,12-,15-/m1/s1. The Morgan fingerprint density at radius 1 is 1.24 bits per heavy atom. The number of halogens is 2. The van der Waals surface area contributed by atoms with Gasteiger partial charge in [0.1, 0.15) is 0 Å². The Morgan fingerprint density at radius 3 is 2.76 bits per heavy atom. The van der Waals surface area contributed by atoms with Crippen molar-refractivity contribution in [3.8, 4) is 0 Å². The summed E-state index contributed by atoms with van der Waals surface area (Å²) < 4.78 is 0. The summed E-state index contributed by atoms with van der Waals surface area (Å²) in [6, 6.07) is 6.05. The van der Waals surface area contributed by atoms with Gasteiger partial charge in [-0.25, -0.2) is 0 Å². The molecule has 21 heavy (non-hydrogen) atoms. The van der Waals surface area contributed by atoms with Gasteiger partial charge in [-0.15, -0.1) is 11.8 Å². The molecule has 3 rings (SSSR count). The maximum atomic E-state index is 12.0. The second kappa shape index (κ2) is 6.80. The number of benzene rings is 1. The van der Waals surface area contributed by atoms with Crippen molar-refractivity contribution in [1.29, 1.82) is 0 Å². The Kier molecular flexibility index (Phi) is 5.03. The molecule has 2 aliphatic carbocycles. The molecule has 5 heteroatoms. The average Bonchev–Trinajstić information content (AvgIpc) is 3.05. The summed E-state index contributed by atoms with van der Waals surface area (Å²) in [5, 5.41) is 4.35. The summed E-state index contributed by atoms with van der Waals surface area (Å²) in [4.78, 5) is 12.0. The van der Waals surface area contributed by atoms with Crippen LogP contribution in [0.1, 0.15) is 31.2 Å². The van der Waals surface area contributed by atoms with E-state index < -0.39 is 0 Å². The van der Waals surface area contributed by atoms with Crippen LogP contribution in [-0.2, 0) is 10.5 Å². The molecule has 2 nitrogen and oxygen atoms in total. The first kappa shape index (κ1) is 15.5. The van der Waals surface area contributed by atoms with E-state index >= 15 is 0 Å². The lowest BCUT2D eigenvalue weighted by Gasteiger charge is -2.22. The molecule has 0 aliphatic heterocycles. The number of thioether (sulfide) groups is 1. The predicted octanol–water partition coefficient (Wildman–Crippen LogP) is 4.53. The van der Waals surface area contributed by atoms with Crippen molar-refractivity contribution < 1.29 is 4.79 Å². The zero-order valence-electron chi connectivity index (χ0n) is 11.8. The van der Waals surface area contributed by atoms with E-state index in [-0.39, 0.29) is 5.91 Å². The number of rotatable bonds is 5. The Hall–Kier alpha value is -0.380. The molecular formula is C16H19Cl2NOS. The van der Waals surface area contributed by atoms with Crippen molar-refractivity contribution in [2.75, 3.05) is 5.75 Å². The molecule has 0 aromatic heterocycles. The monoisotopic (exact) mass is 343 g/mol. The van der Waals surface area contributed by atoms with E-state index in [2.05, 4.69) is 5.32 Å². The minimum Gasteiger partial charge on any atom is -0.352 e. The van der Waals surface area contributed by atoms with Gasteiger partial charge >= 0.3 is 0 Å². The van der Waals surface area contributed by atoms with E-state index in [9.17, 15) is 4.79 Å². The third-order valence-electron chi connectivity index (χ3n) is 4.57. The third kappa shape index (κ3) is 3.88. The van der Waals surface area contributed by atoms with Gasteiger partial charge in [0, 0.05) is 11.8 Å². The van der Waals surface area contributed by atoms with Crippen molar-refractivity contribution in [3.63, 3.8) is 0 Å². The molecule has 2 saturated carbocycles. The lowest BCUT2D eigenvalue weighted by atomic mass is 9.95. The summed E-state index contributed by atoms with van der Waals surface area (Å²) in [5.41, 5.74) is 1.10. The fourth-order valence-corrected chi connectivity index (χ4v) is 4.67. The van der Waals surface area contributed by atoms with Gasteiger partial charge in [-0.1, -0.05) is 35.7 Å². The Morgan fingerprint density at radius 2 is 2.10 bits per heavy atom. The number of hydrogen-bond donors (Lipinski definition) is 1. The molecule has 3 atom stereocenters. The van der Waals surface area contributed by atoms with Gasteiger partial charge in [-0.2, -0.15) is 0 Å². The van der Waals surface area contributed by atoms with Crippen LogP contribution in [0.3, 0.4) is 0 Å². The Labute approximate surface area is 140 Å². The van der Waals surface area contributed by atoms with Crippen LogP contribution in [0.4, 0.5) is 0 Å². The van der Waals surface area contributed by atoms with Crippen LogP contribution in [0.2, 0.25) is 10.0 Å². The van der Waals surface area contributed by atoms with E-state index in [1.807, 2.05) is 12.1 Å². The summed E-state index contributed by atoms with van der Waals surface area (Å²) in [5.74, 6) is 3.05. The van der Waals surface area contributed by atoms with Crippen LogP contribution < -0.4 is 5.32 Å². The van der Waals surface area contributed by atoms with Gasteiger partial charge in [-0.05, 0) is 48.8 Å². The fraction of sp³-hybridized carbons (Fsp3) is 0.562. The first-order valence-electron chi connectivity index (χ1n) is 7.43. The highest BCUT2D eigenvalue weighted by atomic mass is 35.5. The maximum Gasteiger partial charge on any atom is 0.230 e. The zero-order chi connectivity index (χ0) is 14.8. The van der Waals surface area contributed by atoms with E-state index in [0.717, 1.165) is 23.2 Å². The Balaban J connectivity index is 1.40. The summed E-state index contributed by atoms with van der Waals surface area (Å²) in [6.45, 7) is 0. The van der Waals surface area contributed by atoms with Gasteiger partial charge < -0.3 is 5.32 Å². The number of amides is 1. The molecule has 1 aromatic carbocycles. The van der Waals surface area contributed by atoms with Gasteiger partial charge in [0.15, 0.2) is 0 Å². The molecule has 0 spiro atoms. The molecule has 1 amide bonds. The largest absolute Gasteiger partial charge is 0.352 e. The molecule has 0 unspecified atom stereocenters. The highest BCUT2D eigenvalue weighted by molar-refractivity contribution is 7.99. The summed E-state index contributed by atoms with van der Waals surface area (Å²) in [7, 11) is 0. The van der Waals surface area contributed by atoms with Crippen molar-refractivity contribution in [1.82, 2.24) is 5.32 Å². The quantitative estimate of drug-likeness (QED) is 0.850. The van der Waals surface area contributed by atoms with Gasteiger partial charge in [-0.3, -0.25) is 4.79 Å². The lowest BCUT2D eigenvalue weighted by molar-refractivity contribution is -0.119. The van der Waals surface area contributed by atoms with E-state index in [1.165, 1.54) is 25.7 Å². The normalized spacial score (nSPS) is 27.0. The maximum absolute atomic E-state index is 12.0. The second-order valence-electron chi connectivity index (χ2n) is 6.09. The molecule has 2 aliphatic rings. The summed E-state index contributed by atoms with van der Waals surface area (Å²) >= 11 is 13.5. The zero-order valence-corrected chi connectivity index (χ0v) is 14.1. The van der Waals surface area contributed by atoms with Crippen molar-refractivity contribution in [2.24, 2.45) is 11.8 Å². The van der Waals surface area contributed by atoms with Crippen LogP contribution >= 0.6 is 35.0 Å². The first-order valence-corrected chi connectivity index (χ1v) is 9.34. The minimum atomic E-state index is 0.164. The molecule has 114 valence electrons. The van der Waals surface area contributed by atoms with E-state index in [1.54, 1.807) is 17.8 Å². The second-order valence-corrected chi connectivity index (χ2v) is 7.89. The Bertz CT molecular complexity index is 537. The van der Waals surface area contributed by atoms with Crippen LogP contribution in [0.5, 0.6) is 0 Å². The van der Waals surface area contributed by atoms with Crippen molar-refractivity contribution in [2.45, 2.75) is 37.5 Å². The average molecular weight is 344 g/mol. The SMILES string of the molecule is O=C(CSCc1ccc(Cl)c(Cl)c1)N[C@@H]1C[C@@H]2CC[C@@H]1C2. The van der Waals surface area contributed by atoms with Crippen molar-refractivity contribution >= 4 is 40.9 Å². The summed E-state index contributed by atoms with van der Waals surface area (Å²) in [6.07, 6.45) is 5.17. The third-order valence-corrected chi connectivity index (χ3v) is 6.31. The van der Waals surface area contributed by atoms with Gasteiger partial charge in [0.25, 0.3) is 0 Å². The molecular weight excluding hydrogens is 325 g/mol. The number of hydrogen-bond acceptors (Lipinski definition) is 2. The minimum absolute atomic E-state index is 0.164. The van der Waals surface area contributed by atoms with Crippen molar-refractivity contribution in [3.05, 3.63) is 33.8 Å². The van der Waals surface area contributed by atoms with E-state index in [4.69, 9.17) is 23.2 Å². The topological polar surface area (TPSA) is 29.1 Å². The van der Waals surface area contributed by atoms with Crippen LogP contribution in [0.15, 0.2) is 18.2 Å². The van der Waals surface area contributed by atoms with Crippen LogP contribution in [-0.4, -0.2) is 17.7 Å². The van der Waals surface area contributed by atoms with Gasteiger partial charge in [0.2, 0.25) is 5.91 Å². The molecule has 0 heterocycles.